The van der Waals surface area contributed by atoms with Gasteiger partial charge < -0.3 is 10.4 Å². The number of aromatic nitrogens is 1. The summed E-state index contributed by atoms with van der Waals surface area (Å²) < 4.78 is 29.3. The molecule has 1 heterocycles. The Morgan fingerprint density at radius 2 is 1.85 bits per heavy atom. The molecule has 206 valence electrons. The summed E-state index contributed by atoms with van der Waals surface area (Å²) in [7, 11) is -3.93. The van der Waals surface area contributed by atoms with E-state index in [0.717, 1.165) is 40.8 Å². The van der Waals surface area contributed by atoms with Gasteiger partial charge in [-0.2, -0.15) is 9.98 Å². The van der Waals surface area contributed by atoms with Crippen LogP contribution in [0.25, 0.3) is 21.2 Å². The van der Waals surface area contributed by atoms with Crippen molar-refractivity contribution < 1.29 is 18.3 Å². The Bertz CT molecular complexity index is 1540. The molecule has 2 fully saturated rings. The fourth-order valence-electron chi connectivity index (χ4n) is 5.21. The Kier molecular flexibility index (Phi) is 7.55. The topological polar surface area (TPSA) is 132 Å². The number of hydrogen-bond acceptors (Lipinski definition) is 7. The van der Waals surface area contributed by atoms with Gasteiger partial charge in [0.15, 0.2) is 5.01 Å². The average Bonchev–Trinajstić information content (AvgIpc) is 3.55. The van der Waals surface area contributed by atoms with Gasteiger partial charge in [0.1, 0.15) is 5.54 Å². The summed E-state index contributed by atoms with van der Waals surface area (Å²) in [6, 6.07) is 12.8. The molecule has 0 aliphatic heterocycles. The lowest BCUT2D eigenvalue weighted by Crippen LogP contribution is -2.38. The molecule has 0 saturated heterocycles. The number of thiazole rings is 1. The molecular formula is C29H34N4O4S2. The first kappa shape index (κ1) is 27.7. The number of nitrogens with one attached hydrogen (secondary N) is 2. The molecule has 2 aliphatic carbocycles. The van der Waals surface area contributed by atoms with E-state index in [2.05, 4.69) is 16.1 Å². The van der Waals surface area contributed by atoms with Crippen LogP contribution in [0.1, 0.15) is 74.3 Å². The third kappa shape index (κ3) is 6.17. The lowest BCUT2D eigenvalue weighted by Gasteiger charge is -2.21. The molecule has 0 atom stereocenters. The maximum absolute atomic E-state index is 13.3. The van der Waals surface area contributed by atoms with Gasteiger partial charge in [-0.3, -0.25) is 4.79 Å². The Labute approximate surface area is 233 Å². The fraction of sp³-hybridized carbons (Fsp3) is 0.483. The number of amides is 1. The molecule has 2 aromatic carbocycles. The van der Waals surface area contributed by atoms with Gasteiger partial charge in [-0.05, 0) is 50.5 Å². The summed E-state index contributed by atoms with van der Waals surface area (Å²) in [6.07, 6.45) is 7.64. The molecule has 0 bridgehead atoms. The summed E-state index contributed by atoms with van der Waals surface area (Å²) in [5.74, 6) is 0.153. The van der Waals surface area contributed by atoms with Crippen molar-refractivity contribution in [3.8, 4) is 16.5 Å². The van der Waals surface area contributed by atoms with Crippen LogP contribution in [0.2, 0.25) is 0 Å². The molecule has 2 saturated carbocycles. The molecule has 3 aromatic rings. The second kappa shape index (κ2) is 10.6. The zero-order valence-electron chi connectivity index (χ0n) is 22.3. The van der Waals surface area contributed by atoms with E-state index >= 15 is 0 Å². The third-order valence-electron chi connectivity index (χ3n) is 7.49. The highest BCUT2D eigenvalue weighted by Gasteiger charge is 2.47. The van der Waals surface area contributed by atoms with E-state index in [1.807, 2.05) is 12.1 Å². The Morgan fingerprint density at radius 1 is 1.15 bits per heavy atom. The number of nitriles is 1. The van der Waals surface area contributed by atoms with Crippen LogP contribution in [-0.4, -0.2) is 42.1 Å². The summed E-state index contributed by atoms with van der Waals surface area (Å²) in [4.78, 5) is 18.8. The van der Waals surface area contributed by atoms with Crippen LogP contribution in [0, 0.1) is 17.2 Å². The number of carbonyl (C=O) groups is 1. The van der Waals surface area contributed by atoms with Gasteiger partial charge >= 0.3 is 0 Å². The van der Waals surface area contributed by atoms with Crippen molar-refractivity contribution in [3.05, 3.63) is 47.1 Å². The smallest absolute Gasteiger partial charge is 0.280 e. The molecule has 2 aliphatic rings. The molecule has 0 unspecified atom stereocenters. The molecule has 10 heteroatoms. The van der Waals surface area contributed by atoms with Gasteiger partial charge in [-0.25, -0.2) is 13.4 Å². The predicted molar refractivity (Wildman–Crippen MR) is 152 cm³/mol. The second-order valence-corrected chi connectivity index (χ2v) is 14.1. The van der Waals surface area contributed by atoms with E-state index in [0.29, 0.717) is 29.2 Å². The quantitative estimate of drug-likeness (QED) is 0.337. The van der Waals surface area contributed by atoms with Gasteiger partial charge in [0, 0.05) is 17.5 Å². The Hall–Kier alpha value is -2.84. The van der Waals surface area contributed by atoms with Crippen molar-refractivity contribution in [2.75, 3.05) is 6.54 Å². The SMILES string of the molecule is CC(C)(O)CNC(=O)c1nc(CC2CCCCC2)c(-c2ccc(S(=O)(=O)NC3(C#N)CC3)c3ccccc23)s1. The van der Waals surface area contributed by atoms with Gasteiger partial charge in [0.05, 0.1) is 27.1 Å². The van der Waals surface area contributed by atoms with Crippen molar-refractivity contribution in [1.29, 1.82) is 5.26 Å². The highest BCUT2D eigenvalue weighted by atomic mass is 32.2. The summed E-state index contributed by atoms with van der Waals surface area (Å²) in [6.45, 7) is 3.37. The molecule has 0 radical (unpaired) electrons. The molecule has 39 heavy (non-hydrogen) atoms. The lowest BCUT2D eigenvalue weighted by atomic mass is 9.85. The van der Waals surface area contributed by atoms with E-state index < -0.39 is 21.2 Å². The first-order valence-corrected chi connectivity index (χ1v) is 15.8. The molecule has 1 amide bonds. The van der Waals surface area contributed by atoms with Gasteiger partial charge in [-0.1, -0.05) is 62.4 Å². The zero-order valence-corrected chi connectivity index (χ0v) is 23.9. The summed E-state index contributed by atoms with van der Waals surface area (Å²) >= 11 is 1.30. The number of aliphatic hydroxyl groups is 1. The van der Waals surface area contributed by atoms with Crippen molar-refractivity contribution in [3.63, 3.8) is 0 Å². The average molecular weight is 567 g/mol. The molecular weight excluding hydrogens is 532 g/mol. The van der Waals surface area contributed by atoms with Crippen LogP contribution in [0.5, 0.6) is 0 Å². The highest BCUT2D eigenvalue weighted by Crippen LogP contribution is 2.41. The van der Waals surface area contributed by atoms with Crippen molar-refractivity contribution in [2.24, 2.45) is 5.92 Å². The molecule has 3 N–H and O–H groups in total. The number of fused-ring (bicyclic) bond motifs is 1. The minimum absolute atomic E-state index is 0.103. The van der Waals surface area contributed by atoms with Gasteiger partial charge in [-0.15, -0.1) is 11.3 Å². The molecule has 1 aromatic heterocycles. The summed E-state index contributed by atoms with van der Waals surface area (Å²) in [5, 5.41) is 23.9. The number of sulfonamides is 1. The number of carbonyl (C=O) groups excluding carboxylic acids is 1. The Balaban J connectivity index is 1.57. The lowest BCUT2D eigenvalue weighted by molar-refractivity contribution is 0.0694. The van der Waals surface area contributed by atoms with Crippen molar-refractivity contribution in [1.82, 2.24) is 15.0 Å². The van der Waals surface area contributed by atoms with E-state index in [1.165, 1.54) is 30.6 Å². The van der Waals surface area contributed by atoms with E-state index in [4.69, 9.17) is 4.98 Å². The van der Waals surface area contributed by atoms with Crippen LogP contribution >= 0.6 is 11.3 Å². The zero-order chi connectivity index (χ0) is 27.8. The Morgan fingerprint density at radius 3 is 2.49 bits per heavy atom. The highest BCUT2D eigenvalue weighted by molar-refractivity contribution is 7.89. The summed E-state index contributed by atoms with van der Waals surface area (Å²) in [5.41, 5.74) is -0.387. The van der Waals surface area contributed by atoms with Crippen LogP contribution in [-0.2, 0) is 16.4 Å². The van der Waals surface area contributed by atoms with Crippen LogP contribution in [0.15, 0.2) is 41.3 Å². The first-order chi connectivity index (χ1) is 18.5. The number of rotatable bonds is 9. The van der Waals surface area contributed by atoms with E-state index in [1.54, 1.807) is 38.1 Å². The predicted octanol–water partition coefficient (Wildman–Crippen LogP) is 4.92. The van der Waals surface area contributed by atoms with Crippen LogP contribution in [0.3, 0.4) is 0 Å². The van der Waals surface area contributed by atoms with Crippen LogP contribution in [0.4, 0.5) is 0 Å². The van der Waals surface area contributed by atoms with Gasteiger partial charge in [0.2, 0.25) is 10.0 Å². The van der Waals surface area contributed by atoms with Crippen molar-refractivity contribution >= 4 is 38.0 Å². The van der Waals surface area contributed by atoms with E-state index in [9.17, 15) is 23.6 Å². The minimum Gasteiger partial charge on any atom is -0.389 e. The van der Waals surface area contributed by atoms with Crippen LogP contribution < -0.4 is 10.0 Å². The normalized spacial score (nSPS) is 17.6. The number of benzene rings is 2. The number of nitrogens with zero attached hydrogens (tertiary/aromatic N) is 2. The number of hydrogen-bond donors (Lipinski definition) is 3. The molecule has 8 nitrogen and oxygen atoms in total. The van der Waals surface area contributed by atoms with E-state index in [-0.39, 0.29) is 17.3 Å². The third-order valence-corrected chi connectivity index (χ3v) is 10.2. The van der Waals surface area contributed by atoms with Crippen molar-refractivity contribution in [2.45, 2.75) is 81.2 Å². The largest absolute Gasteiger partial charge is 0.389 e. The first-order valence-electron chi connectivity index (χ1n) is 13.5. The minimum atomic E-state index is -3.93. The fourth-order valence-corrected chi connectivity index (χ4v) is 7.85. The maximum Gasteiger partial charge on any atom is 0.280 e. The molecule has 5 rings (SSSR count). The standard InChI is InChI=1S/C29H34N4O4S2/c1-28(2,35)18-31-26(34)27-32-23(16-19-8-4-3-5-9-19)25(38-27)22-12-13-24(21-11-7-6-10-20(21)22)39(36,37)33-29(17-30)14-15-29/h6-7,10-13,19,33,35H,3-5,8-9,14-16,18H2,1-2H3,(H,31,34). The molecule has 0 spiro atoms. The maximum atomic E-state index is 13.3. The second-order valence-electron chi connectivity index (χ2n) is 11.5. The monoisotopic (exact) mass is 566 g/mol. The van der Waals surface area contributed by atoms with Gasteiger partial charge in [0.25, 0.3) is 5.91 Å².